The minimum atomic E-state index is 0.727. The summed E-state index contributed by atoms with van der Waals surface area (Å²) < 4.78 is 4.83. The maximum Gasteiger partial charge on any atom is 0.160 e. The zero-order chi connectivity index (χ0) is 36.5. The Bertz CT molecular complexity index is 2950. The minimum Gasteiger partial charge on any atom is -0.309 e. The number of aromatic nitrogens is 4. The van der Waals surface area contributed by atoms with Gasteiger partial charge >= 0.3 is 0 Å². The van der Waals surface area contributed by atoms with E-state index in [-0.39, 0.29) is 0 Å². The van der Waals surface area contributed by atoms with E-state index in [1.807, 2.05) is 0 Å². The molecule has 0 N–H and O–H groups in total. The van der Waals surface area contributed by atoms with E-state index in [1.54, 1.807) is 0 Å². The quantitative estimate of drug-likeness (QED) is 0.180. The fourth-order valence-corrected chi connectivity index (χ4v) is 8.17. The van der Waals surface area contributed by atoms with E-state index in [4.69, 9.17) is 9.97 Å². The molecular weight excluding hydrogens is 657 g/mol. The molecule has 0 bridgehead atoms. The first-order chi connectivity index (χ1) is 26.4. The van der Waals surface area contributed by atoms with Crippen LogP contribution < -0.4 is 0 Å². The molecule has 3 heterocycles. The predicted molar refractivity (Wildman–Crippen MR) is 226 cm³/mol. The third kappa shape index (κ3) is 5.14. The van der Waals surface area contributed by atoms with Crippen LogP contribution in [-0.4, -0.2) is 19.1 Å². The molecule has 258 valence electrons. The predicted octanol–water partition coefficient (Wildman–Crippen LogP) is 12.9. The Morgan fingerprint density at radius 3 is 1.54 bits per heavy atom. The van der Waals surface area contributed by atoms with E-state index < -0.39 is 0 Å². The SMILES string of the molecule is Cc1ccc(-c2cc(-c3cc(C)c(-n4c5ccccc5c5cc(-n6c7ccccc7c7ccccc76)ccc54)cc3C)nc(-c3ccc(C)cc3)n2)cc1. The number of aryl methyl sites for hydroxylation is 4. The number of para-hydroxylation sites is 3. The molecule has 4 nitrogen and oxygen atoms in total. The van der Waals surface area contributed by atoms with Gasteiger partial charge in [-0.25, -0.2) is 9.97 Å². The highest BCUT2D eigenvalue weighted by Crippen LogP contribution is 2.39. The molecule has 0 fully saturated rings. The molecule has 10 rings (SSSR count). The van der Waals surface area contributed by atoms with Crippen molar-refractivity contribution in [2.24, 2.45) is 0 Å². The van der Waals surface area contributed by atoms with Crippen LogP contribution >= 0.6 is 0 Å². The largest absolute Gasteiger partial charge is 0.309 e. The highest BCUT2D eigenvalue weighted by Gasteiger charge is 2.19. The summed E-state index contributed by atoms with van der Waals surface area (Å²) in [5.74, 6) is 0.727. The Balaban J connectivity index is 1.14. The first kappa shape index (κ1) is 31.9. The normalized spacial score (nSPS) is 11.7. The zero-order valence-corrected chi connectivity index (χ0v) is 30.8. The van der Waals surface area contributed by atoms with Gasteiger partial charge in [-0.3, -0.25) is 0 Å². The number of rotatable bonds is 5. The lowest BCUT2D eigenvalue weighted by atomic mass is 9.98. The van der Waals surface area contributed by atoms with E-state index in [2.05, 4.69) is 195 Å². The van der Waals surface area contributed by atoms with Crippen LogP contribution in [-0.2, 0) is 0 Å². The molecule has 7 aromatic carbocycles. The fraction of sp³-hybridized carbons (Fsp3) is 0.0800. The second-order valence-corrected chi connectivity index (χ2v) is 14.6. The van der Waals surface area contributed by atoms with Gasteiger partial charge in [0.2, 0.25) is 0 Å². The summed E-state index contributed by atoms with van der Waals surface area (Å²) in [5, 5.41) is 5.00. The second-order valence-electron chi connectivity index (χ2n) is 14.6. The van der Waals surface area contributed by atoms with E-state index in [1.165, 1.54) is 66.0 Å². The molecule has 0 saturated heterocycles. The van der Waals surface area contributed by atoms with Gasteiger partial charge in [-0.15, -0.1) is 0 Å². The van der Waals surface area contributed by atoms with Crippen molar-refractivity contribution < 1.29 is 0 Å². The van der Waals surface area contributed by atoms with E-state index in [0.717, 1.165) is 45.2 Å². The first-order valence-corrected chi connectivity index (χ1v) is 18.6. The molecule has 0 radical (unpaired) electrons. The molecule has 0 aliphatic heterocycles. The molecule has 54 heavy (non-hydrogen) atoms. The third-order valence-electron chi connectivity index (χ3n) is 10.9. The van der Waals surface area contributed by atoms with Gasteiger partial charge in [-0.05, 0) is 93.4 Å². The van der Waals surface area contributed by atoms with Crippen LogP contribution in [0.15, 0.2) is 158 Å². The van der Waals surface area contributed by atoms with Crippen LogP contribution in [0.4, 0.5) is 0 Å². The maximum absolute atomic E-state index is 5.20. The molecule has 0 spiro atoms. The number of hydrogen-bond acceptors (Lipinski definition) is 2. The summed E-state index contributed by atoms with van der Waals surface area (Å²) in [7, 11) is 0. The van der Waals surface area contributed by atoms with Gasteiger partial charge in [0.05, 0.1) is 33.5 Å². The molecule has 0 atom stereocenters. The Hall–Kier alpha value is -6.78. The van der Waals surface area contributed by atoms with Crippen LogP contribution in [0.3, 0.4) is 0 Å². The van der Waals surface area contributed by atoms with Gasteiger partial charge in [0.15, 0.2) is 5.82 Å². The number of benzene rings is 7. The average molecular weight is 695 g/mol. The highest BCUT2D eigenvalue weighted by molar-refractivity contribution is 6.12. The van der Waals surface area contributed by atoms with Crippen molar-refractivity contribution in [1.29, 1.82) is 0 Å². The van der Waals surface area contributed by atoms with Crippen molar-refractivity contribution in [2.75, 3.05) is 0 Å². The maximum atomic E-state index is 5.20. The molecule has 0 saturated carbocycles. The Kier molecular flexibility index (Phi) is 7.34. The number of hydrogen-bond donors (Lipinski definition) is 0. The van der Waals surface area contributed by atoms with Crippen molar-refractivity contribution in [2.45, 2.75) is 27.7 Å². The van der Waals surface area contributed by atoms with Gasteiger partial charge in [-0.2, -0.15) is 0 Å². The van der Waals surface area contributed by atoms with E-state index in [9.17, 15) is 0 Å². The monoisotopic (exact) mass is 694 g/mol. The summed E-state index contributed by atoms with van der Waals surface area (Å²) in [5.41, 5.74) is 16.9. The summed E-state index contributed by atoms with van der Waals surface area (Å²) >= 11 is 0. The van der Waals surface area contributed by atoms with Gasteiger partial charge in [0.25, 0.3) is 0 Å². The topological polar surface area (TPSA) is 35.6 Å². The van der Waals surface area contributed by atoms with Crippen LogP contribution in [0.5, 0.6) is 0 Å². The van der Waals surface area contributed by atoms with Crippen molar-refractivity contribution in [3.63, 3.8) is 0 Å². The van der Waals surface area contributed by atoms with E-state index in [0.29, 0.717) is 0 Å². The fourth-order valence-electron chi connectivity index (χ4n) is 8.17. The lowest BCUT2D eigenvalue weighted by Crippen LogP contribution is -2.01. The third-order valence-corrected chi connectivity index (χ3v) is 10.9. The zero-order valence-electron chi connectivity index (χ0n) is 30.8. The summed E-state index contributed by atoms with van der Waals surface area (Å²) in [4.78, 5) is 10.3. The number of nitrogens with zero attached hydrogens (tertiary/aromatic N) is 4. The van der Waals surface area contributed by atoms with E-state index >= 15 is 0 Å². The Labute approximate surface area is 314 Å². The molecule has 10 aromatic rings. The van der Waals surface area contributed by atoms with Crippen molar-refractivity contribution in [1.82, 2.24) is 19.1 Å². The van der Waals surface area contributed by atoms with Crippen LogP contribution in [0.2, 0.25) is 0 Å². The smallest absolute Gasteiger partial charge is 0.160 e. The lowest BCUT2D eigenvalue weighted by Gasteiger charge is -2.17. The molecule has 0 aliphatic carbocycles. The highest BCUT2D eigenvalue weighted by atomic mass is 15.0. The Morgan fingerprint density at radius 2 is 0.907 bits per heavy atom. The standard InChI is InChI=1S/C50H38N4/c1-31-17-21-35(22-18-31)43-30-44(52-50(51-43)36-23-19-32(2)20-24-36)41-27-34(4)49(28-33(41)3)54-47-16-10-7-13-40(47)42-29-37(25-26-48(42)54)53-45-14-8-5-11-38(45)39-12-6-9-15-46(39)53/h5-30H,1-4H3. The molecule has 0 aliphatic rings. The Morgan fingerprint density at radius 1 is 0.389 bits per heavy atom. The molecule has 3 aromatic heterocycles. The number of fused-ring (bicyclic) bond motifs is 6. The van der Waals surface area contributed by atoms with Crippen LogP contribution in [0.25, 0.3) is 88.9 Å². The lowest BCUT2D eigenvalue weighted by molar-refractivity contribution is 1.13. The first-order valence-electron chi connectivity index (χ1n) is 18.6. The minimum absolute atomic E-state index is 0.727. The summed E-state index contributed by atoms with van der Waals surface area (Å²) in [6.07, 6.45) is 0. The molecular formula is C50H38N4. The van der Waals surface area contributed by atoms with Gasteiger partial charge in [0, 0.05) is 49.6 Å². The van der Waals surface area contributed by atoms with Gasteiger partial charge < -0.3 is 9.13 Å². The molecule has 0 unspecified atom stereocenters. The average Bonchev–Trinajstić information content (AvgIpc) is 3.71. The summed E-state index contributed by atoms with van der Waals surface area (Å²) in [6, 6.07) is 57.0. The van der Waals surface area contributed by atoms with Crippen LogP contribution in [0, 0.1) is 27.7 Å². The van der Waals surface area contributed by atoms with Gasteiger partial charge in [-0.1, -0.05) is 114 Å². The van der Waals surface area contributed by atoms with Crippen LogP contribution in [0.1, 0.15) is 22.3 Å². The second kappa shape index (κ2) is 12.4. The molecule has 0 amide bonds. The summed E-state index contributed by atoms with van der Waals surface area (Å²) in [6.45, 7) is 8.64. The van der Waals surface area contributed by atoms with Crippen molar-refractivity contribution in [3.05, 3.63) is 180 Å². The van der Waals surface area contributed by atoms with Gasteiger partial charge in [0.1, 0.15) is 0 Å². The van der Waals surface area contributed by atoms with Crippen molar-refractivity contribution in [3.8, 4) is 45.3 Å². The molecule has 4 heteroatoms. The van der Waals surface area contributed by atoms with Crippen molar-refractivity contribution >= 4 is 43.6 Å².